The smallest absolute Gasteiger partial charge is 0.251 e. The van der Waals surface area contributed by atoms with E-state index in [1.807, 2.05) is 50.5 Å². The van der Waals surface area contributed by atoms with Crippen LogP contribution in [0, 0.1) is 6.57 Å². The second-order valence-electron chi connectivity index (χ2n) is 8.65. The largest absolute Gasteiger partial charge is 0.471 e. The summed E-state index contributed by atoms with van der Waals surface area (Å²) in [6.07, 6.45) is 3.14. The minimum absolute atomic E-state index is 0.0443. The Morgan fingerprint density at radius 3 is 2.59 bits per heavy atom. The lowest BCUT2D eigenvalue weighted by Gasteiger charge is -2.08. The van der Waals surface area contributed by atoms with E-state index in [2.05, 4.69) is 47.1 Å². The lowest BCUT2D eigenvalue weighted by molar-refractivity contribution is -0.117. The SMILES string of the molecule is [C-]#[N+]/C(=C\c1ccc(-c2ccc(N(C)C)s2)s1)C(=O)NCc1ccc(COc2nc(N)nc3nc[nH]c23)cc1. The van der Waals surface area contributed by atoms with Crippen molar-refractivity contribution in [3.05, 3.63) is 88.0 Å². The van der Waals surface area contributed by atoms with Crippen molar-refractivity contribution < 1.29 is 9.53 Å². The molecule has 0 atom stereocenters. The van der Waals surface area contributed by atoms with Gasteiger partial charge in [-0.05, 0) is 41.5 Å². The molecule has 0 radical (unpaired) electrons. The Hall–Kier alpha value is -4.73. The first-order chi connectivity index (χ1) is 18.9. The first-order valence-electron chi connectivity index (χ1n) is 11.8. The van der Waals surface area contributed by atoms with Gasteiger partial charge in [0.25, 0.3) is 11.6 Å². The molecule has 1 amide bonds. The van der Waals surface area contributed by atoms with Crippen LogP contribution in [-0.2, 0) is 17.9 Å². The molecule has 196 valence electrons. The van der Waals surface area contributed by atoms with Gasteiger partial charge in [-0.3, -0.25) is 4.79 Å². The first-order valence-corrected chi connectivity index (χ1v) is 13.4. The third kappa shape index (κ3) is 6.06. The summed E-state index contributed by atoms with van der Waals surface area (Å²) in [6, 6.07) is 15.7. The third-order valence-corrected chi connectivity index (χ3v) is 8.14. The highest BCUT2D eigenvalue weighted by Gasteiger charge is 2.13. The van der Waals surface area contributed by atoms with Crippen LogP contribution in [-0.4, -0.2) is 39.9 Å². The molecule has 0 saturated heterocycles. The summed E-state index contributed by atoms with van der Waals surface area (Å²) in [4.78, 5) is 36.5. The predicted octanol–water partition coefficient (Wildman–Crippen LogP) is 4.95. The van der Waals surface area contributed by atoms with E-state index >= 15 is 0 Å². The Kier molecular flexibility index (Phi) is 7.53. The number of hydrogen-bond donors (Lipinski definition) is 3. The molecule has 5 rings (SSSR count). The van der Waals surface area contributed by atoms with Gasteiger partial charge in [0.2, 0.25) is 11.8 Å². The van der Waals surface area contributed by atoms with E-state index in [-0.39, 0.29) is 18.3 Å². The van der Waals surface area contributed by atoms with Gasteiger partial charge in [-0.1, -0.05) is 24.3 Å². The number of carbonyl (C=O) groups is 1. The van der Waals surface area contributed by atoms with E-state index in [4.69, 9.17) is 17.0 Å². The van der Waals surface area contributed by atoms with E-state index in [1.54, 1.807) is 28.7 Å². The molecule has 5 aromatic rings. The number of nitrogens with one attached hydrogen (secondary N) is 2. The topological polar surface area (TPSA) is 126 Å². The van der Waals surface area contributed by atoms with E-state index < -0.39 is 5.91 Å². The number of nitrogen functional groups attached to an aromatic ring is 1. The van der Waals surface area contributed by atoms with E-state index in [9.17, 15) is 4.79 Å². The molecule has 12 heteroatoms. The molecule has 0 aliphatic heterocycles. The predicted molar refractivity (Wildman–Crippen MR) is 155 cm³/mol. The maximum Gasteiger partial charge on any atom is 0.251 e. The number of nitrogens with two attached hydrogens (primary N) is 1. The van der Waals surface area contributed by atoms with Crippen molar-refractivity contribution in [1.29, 1.82) is 0 Å². The number of amides is 1. The number of aromatic amines is 1. The monoisotopic (exact) mass is 556 g/mol. The molecule has 0 saturated carbocycles. The number of aromatic nitrogens is 4. The summed E-state index contributed by atoms with van der Waals surface area (Å²) < 4.78 is 5.81. The van der Waals surface area contributed by atoms with Crippen LogP contribution in [0.5, 0.6) is 5.88 Å². The number of rotatable bonds is 9. The number of fused-ring (bicyclic) bond motifs is 1. The Labute approximate surface area is 232 Å². The van der Waals surface area contributed by atoms with E-state index in [1.165, 1.54) is 11.3 Å². The summed E-state index contributed by atoms with van der Waals surface area (Å²) >= 11 is 3.25. The minimum Gasteiger partial charge on any atom is -0.471 e. The number of imidazole rings is 1. The second-order valence-corrected chi connectivity index (χ2v) is 10.8. The molecule has 39 heavy (non-hydrogen) atoms. The van der Waals surface area contributed by atoms with Crippen LogP contribution < -0.4 is 20.7 Å². The molecule has 10 nitrogen and oxygen atoms in total. The van der Waals surface area contributed by atoms with Gasteiger partial charge in [0.05, 0.1) is 17.9 Å². The zero-order chi connectivity index (χ0) is 27.4. The number of anilines is 2. The molecular weight excluding hydrogens is 532 g/mol. The summed E-state index contributed by atoms with van der Waals surface area (Å²) in [5.41, 5.74) is 8.60. The van der Waals surface area contributed by atoms with Crippen molar-refractivity contribution in [2.45, 2.75) is 13.2 Å². The van der Waals surface area contributed by atoms with Gasteiger partial charge >= 0.3 is 0 Å². The maximum atomic E-state index is 12.7. The van der Waals surface area contributed by atoms with Crippen molar-refractivity contribution in [3.8, 4) is 15.6 Å². The molecular formula is C27H24N8O2S2. The quantitative estimate of drug-likeness (QED) is 0.173. The third-order valence-electron chi connectivity index (χ3n) is 5.66. The Balaban J connectivity index is 1.17. The zero-order valence-corrected chi connectivity index (χ0v) is 22.8. The molecule has 0 fully saturated rings. The number of thiophene rings is 2. The van der Waals surface area contributed by atoms with E-state index in [0.717, 1.165) is 25.8 Å². The van der Waals surface area contributed by atoms with Crippen LogP contribution in [0.2, 0.25) is 0 Å². The first kappa shape index (κ1) is 25.9. The molecule has 4 N–H and O–H groups in total. The zero-order valence-electron chi connectivity index (χ0n) is 21.1. The number of ether oxygens (including phenoxy) is 1. The lowest BCUT2D eigenvalue weighted by Crippen LogP contribution is -2.23. The fourth-order valence-electron chi connectivity index (χ4n) is 3.65. The van der Waals surface area contributed by atoms with E-state index in [0.29, 0.717) is 23.6 Å². The van der Waals surface area contributed by atoms with Gasteiger partial charge in [-0.25, -0.2) is 9.83 Å². The van der Waals surface area contributed by atoms with Gasteiger partial charge in [0.15, 0.2) is 5.65 Å². The summed E-state index contributed by atoms with van der Waals surface area (Å²) in [5.74, 6) is 0.00353. The van der Waals surface area contributed by atoms with Crippen molar-refractivity contribution in [2.24, 2.45) is 0 Å². The molecule has 1 aromatic carbocycles. The van der Waals surface area contributed by atoms with Gasteiger partial charge in [0, 0.05) is 35.3 Å². The molecule has 4 aromatic heterocycles. The summed E-state index contributed by atoms with van der Waals surface area (Å²) in [6.45, 7) is 8.07. The highest BCUT2D eigenvalue weighted by molar-refractivity contribution is 7.24. The Bertz CT molecular complexity index is 1690. The molecule has 0 spiro atoms. The number of nitrogens with zero attached hydrogens (tertiary/aromatic N) is 5. The van der Waals surface area contributed by atoms with Crippen molar-refractivity contribution >= 4 is 56.8 Å². The second kappa shape index (κ2) is 11.3. The highest BCUT2D eigenvalue weighted by atomic mass is 32.1. The summed E-state index contributed by atoms with van der Waals surface area (Å²) in [7, 11) is 4.03. The number of H-pyrrole nitrogens is 1. The van der Waals surface area contributed by atoms with Crippen LogP contribution >= 0.6 is 22.7 Å². The fourth-order valence-corrected chi connectivity index (χ4v) is 5.62. The standard InChI is InChI=1S/C27H24N8O2S2/c1-29-19(12-18-8-9-20(38-18)21-10-11-22(39-21)35(2)3)25(36)30-13-16-4-6-17(7-5-16)14-37-26-23-24(32-15-31-23)33-27(28)34-26/h4-12,15H,13-14H2,2-3H3,(H,30,36)(H3,28,31,32,33,34)/b19-12-. The lowest BCUT2D eigenvalue weighted by atomic mass is 10.1. The fraction of sp³-hybridized carbons (Fsp3) is 0.148. The Morgan fingerprint density at radius 1 is 1.10 bits per heavy atom. The number of benzene rings is 1. The summed E-state index contributed by atoms with van der Waals surface area (Å²) in [5, 5.41) is 4.00. The van der Waals surface area contributed by atoms with Crippen LogP contribution in [0.25, 0.3) is 31.8 Å². The van der Waals surface area contributed by atoms with Crippen LogP contribution in [0.1, 0.15) is 16.0 Å². The van der Waals surface area contributed by atoms with Gasteiger partial charge < -0.3 is 25.7 Å². The molecule has 0 bridgehead atoms. The molecule has 0 aliphatic carbocycles. The van der Waals surface area contributed by atoms with Crippen molar-refractivity contribution in [3.63, 3.8) is 0 Å². The van der Waals surface area contributed by atoms with Crippen molar-refractivity contribution in [1.82, 2.24) is 25.3 Å². The van der Waals surface area contributed by atoms with Crippen LogP contribution in [0.15, 0.2) is 60.6 Å². The highest BCUT2D eigenvalue weighted by Crippen LogP contribution is 2.37. The van der Waals surface area contributed by atoms with Gasteiger partial charge in [-0.2, -0.15) is 9.97 Å². The molecule has 0 unspecified atom stereocenters. The van der Waals surface area contributed by atoms with Crippen LogP contribution in [0.3, 0.4) is 0 Å². The number of hydrogen-bond acceptors (Lipinski definition) is 9. The Morgan fingerprint density at radius 2 is 1.85 bits per heavy atom. The molecule has 0 aliphatic rings. The van der Waals surface area contributed by atoms with Crippen LogP contribution in [0.4, 0.5) is 10.9 Å². The van der Waals surface area contributed by atoms with Gasteiger partial charge in [0.1, 0.15) is 12.1 Å². The van der Waals surface area contributed by atoms with Crippen molar-refractivity contribution in [2.75, 3.05) is 24.7 Å². The van der Waals surface area contributed by atoms with Gasteiger partial charge in [-0.15, -0.1) is 22.7 Å². The number of carbonyl (C=O) groups excluding carboxylic acids is 1. The normalized spacial score (nSPS) is 11.4. The molecule has 4 heterocycles. The maximum absolute atomic E-state index is 12.7. The average molecular weight is 557 g/mol. The minimum atomic E-state index is -0.414. The average Bonchev–Trinajstić information content (AvgIpc) is 3.70.